The largest absolute Gasteiger partial charge is 0.294 e. The summed E-state index contributed by atoms with van der Waals surface area (Å²) < 4.78 is 0.538. The third-order valence-corrected chi connectivity index (χ3v) is 6.72. The second kappa shape index (κ2) is 4.33. The number of hydrogen-bond donors (Lipinski definition) is 0. The van der Waals surface area contributed by atoms with Gasteiger partial charge in [-0.05, 0) is 42.2 Å². The maximum Gasteiger partial charge on any atom is 0.294 e. The Morgan fingerprint density at radius 3 is 2.21 bits per heavy atom. The molecule has 3 fully saturated rings. The van der Waals surface area contributed by atoms with E-state index in [4.69, 9.17) is 0 Å². The van der Waals surface area contributed by atoms with Crippen LogP contribution in [0.5, 0.6) is 0 Å². The first-order chi connectivity index (χ1) is 11.5. The smallest absolute Gasteiger partial charge is 0.274 e. The highest BCUT2D eigenvalue weighted by Crippen LogP contribution is 2.73. The molecule has 7 heteroatoms. The average Bonchev–Trinajstić information content (AvgIpc) is 3.14. The maximum atomic E-state index is 13.0. The van der Waals surface area contributed by atoms with Crippen LogP contribution in [-0.4, -0.2) is 16.7 Å². The Kier molecular flexibility index (Phi) is 2.59. The summed E-state index contributed by atoms with van der Waals surface area (Å²) in [4.78, 5) is 37.9. The predicted octanol–water partition coefficient (Wildman–Crippen LogP) is 3.06. The lowest BCUT2D eigenvalue weighted by Crippen LogP contribution is -2.35. The highest BCUT2D eigenvalue weighted by Gasteiger charge is 2.73. The molecule has 0 radical (unpaired) electrons. The van der Waals surface area contributed by atoms with Gasteiger partial charge in [-0.3, -0.25) is 19.7 Å². The number of halogens is 1. The molecule has 4 atom stereocenters. The minimum atomic E-state index is -0.552. The van der Waals surface area contributed by atoms with Crippen molar-refractivity contribution in [2.45, 2.75) is 12.8 Å². The molecule has 5 rings (SSSR count). The maximum absolute atomic E-state index is 13.0. The van der Waals surface area contributed by atoms with Gasteiger partial charge in [-0.15, -0.1) is 0 Å². The summed E-state index contributed by atoms with van der Waals surface area (Å²) in [5.74, 6) is -1.03. The van der Waals surface area contributed by atoms with Crippen LogP contribution in [0.2, 0.25) is 0 Å². The van der Waals surface area contributed by atoms with E-state index in [2.05, 4.69) is 28.1 Å². The Balaban J connectivity index is 1.60. The number of nitro groups is 1. The van der Waals surface area contributed by atoms with Crippen LogP contribution in [0, 0.1) is 39.2 Å². The van der Waals surface area contributed by atoms with Gasteiger partial charge in [0, 0.05) is 10.5 Å². The third-order valence-electron chi connectivity index (χ3n) is 6.23. The van der Waals surface area contributed by atoms with Crippen LogP contribution in [0.4, 0.5) is 11.4 Å². The zero-order valence-electron chi connectivity index (χ0n) is 12.5. The molecule has 4 aliphatic rings. The quantitative estimate of drug-likeness (QED) is 0.337. The minimum absolute atomic E-state index is 0.0804. The molecule has 3 aliphatic carbocycles. The molecule has 24 heavy (non-hydrogen) atoms. The van der Waals surface area contributed by atoms with Crippen molar-refractivity contribution in [3.05, 3.63) is 44.9 Å². The molecule has 122 valence electrons. The SMILES string of the molecule is O=C1C2C(C(=O)N1c1ccc(Br)cc1[N+](=O)[O-])C1C=CC2C12CC2. The van der Waals surface area contributed by atoms with Crippen LogP contribution < -0.4 is 4.90 Å². The van der Waals surface area contributed by atoms with E-state index in [1.54, 1.807) is 6.07 Å². The van der Waals surface area contributed by atoms with Crippen LogP contribution >= 0.6 is 15.9 Å². The van der Waals surface area contributed by atoms with Crippen molar-refractivity contribution in [1.29, 1.82) is 0 Å². The Morgan fingerprint density at radius 2 is 1.71 bits per heavy atom. The molecule has 2 saturated carbocycles. The number of allylic oxidation sites excluding steroid dienone is 2. The normalized spacial score (nSPS) is 34.3. The van der Waals surface area contributed by atoms with E-state index < -0.39 is 4.92 Å². The van der Waals surface area contributed by atoms with Crippen LogP contribution in [0.15, 0.2) is 34.8 Å². The van der Waals surface area contributed by atoms with Crippen molar-refractivity contribution in [3.63, 3.8) is 0 Å². The molecule has 1 heterocycles. The van der Waals surface area contributed by atoms with Gasteiger partial charge in [0.15, 0.2) is 0 Å². The van der Waals surface area contributed by atoms with Crippen molar-refractivity contribution < 1.29 is 14.5 Å². The van der Waals surface area contributed by atoms with Gasteiger partial charge in [0.2, 0.25) is 11.8 Å². The van der Waals surface area contributed by atoms with Gasteiger partial charge in [-0.25, -0.2) is 4.90 Å². The van der Waals surface area contributed by atoms with Gasteiger partial charge in [0.05, 0.1) is 16.8 Å². The van der Waals surface area contributed by atoms with Crippen molar-refractivity contribution in [1.82, 2.24) is 0 Å². The van der Waals surface area contributed by atoms with E-state index in [1.165, 1.54) is 12.1 Å². The molecular formula is C17H13BrN2O4. The Bertz CT molecular complexity index is 826. The number of carbonyl (C=O) groups excluding carboxylic acids is 2. The molecule has 0 N–H and O–H groups in total. The van der Waals surface area contributed by atoms with Crippen LogP contribution in [0.25, 0.3) is 0 Å². The molecular weight excluding hydrogens is 376 g/mol. The third kappa shape index (κ3) is 1.51. The lowest BCUT2D eigenvalue weighted by molar-refractivity contribution is -0.384. The summed E-state index contributed by atoms with van der Waals surface area (Å²) in [6, 6.07) is 4.42. The summed E-state index contributed by atoms with van der Waals surface area (Å²) in [6.07, 6.45) is 6.32. The van der Waals surface area contributed by atoms with Gasteiger partial charge >= 0.3 is 0 Å². The molecule has 6 nitrogen and oxygen atoms in total. The van der Waals surface area contributed by atoms with Crippen molar-refractivity contribution in [2.24, 2.45) is 29.1 Å². The summed E-state index contributed by atoms with van der Waals surface area (Å²) in [6.45, 7) is 0. The number of rotatable bonds is 2. The monoisotopic (exact) mass is 388 g/mol. The van der Waals surface area contributed by atoms with E-state index in [1.807, 2.05) is 0 Å². The number of anilines is 1. The highest BCUT2D eigenvalue weighted by atomic mass is 79.9. The zero-order chi connectivity index (χ0) is 16.8. The van der Waals surface area contributed by atoms with Gasteiger partial charge in [-0.2, -0.15) is 0 Å². The molecule has 1 aromatic rings. The summed E-state index contributed by atoms with van der Waals surface area (Å²) in [5.41, 5.74) is -0.0254. The Morgan fingerprint density at radius 1 is 1.12 bits per heavy atom. The second-order valence-electron chi connectivity index (χ2n) is 7.12. The van der Waals surface area contributed by atoms with E-state index in [9.17, 15) is 19.7 Å². The molecule has 1 aromatic carbocycles. The first-order valence-electron chi connectivity index (χ1n) is 7.96. The van der Waals surface area contributed by atoms with Gasteiger partial charge < -0.3 is 0 Å². The summed E-state index contributed by atoms with van der Waals surface area (Å²) in [5, 5.41) is 11.4. The number of nitro benzene ring substituents is 1. The van der Waals surface area contributed by atoms with Gasteiger partial charge in [-0.1, -0.05) is 28.1 Å². The Hall–Kier alpha value is -2.02. The van der Waals surface area contributed by atoms with Gasteiger partial charge in [0.1, 0.15) is 5.69 Å². The lowest BCUT2D eigenvalue weighted by Gasteiger charge is -2.21. The first kappa shape index (κ1) is 14.3. The molecule has 0 aromatic heterocycles. The standard InChI is InChI=1S/C17H13BrN2O4/c18-8-1-4-11(12(7-8)20(23)24)19-15(21)13-9-2-3-10(14(13)16(19)22)17(9)5-6-17/h1-4,7,9-10,13-14H,5-6H2. The van der Waals surface area contributed by atoms with Crippen LogP contribution in [0.3, 0.4) is 0 Å². The average molecular weight is 389 g/mol. The molecule has 2 amide bonds. The van der Waals surface area contributed by atoms with Gasteiger partial charge in [0.25, 0.3) is 5.69 Å². The molecule has 1 spiro atoms. The fourth-order valence-corrected chi connectivity index (χ4v) is 5.50. The zero-order valence-corrected chi connectivity index (χ0v) is 14.1. The molecule has 2 bridgehead atoms. The number of nitrogens with zero attached hydrogens (tertiary/aromatic N) is 2. The summed E-state index contributed by atoms with van der Waals surface area (Å²) in [7, 11) is 0. The number of carbonyl (C=O) groups is 2. The second-order valence-corrected chi connectivity index (χ2v) is 8.04. The van der Waals surface area contributed by atoms with Crippen molar-refractivity contribution >= 4 is 39.1 Å². The Labute approximate surface area is 145 Å². The van der Waals surface area contributed by atoms with Crippen LogP contribution in [-0.2, 0) is 9.59 Å². The van der Waals surface area contributed by atoms with Crippen LogP contribution in [0.1, 0.15) is 12.8 Å². The number of benzene rings is 1. The van der Waals surface area contributed by atoms with Crippen molar-refractivity contribution in [2.75, 3.05) is 4.90 Å². The summed E-state index contributed by atoms with van der Waals surface area (Å²) >= 11 is 3.20. The minimum Gasteiger partial charge on any atom is -0.274 e. The number of hydrogen-bond acceptors (Lipinski definition) is 4. The van der Waals surface area contributed by atoms with E-state index >= 15 is 0 Å². The topological polar surface area (TPSA) is 80.5 Å². The molecule has 1 aliphatic heterocycles. The van der Waals surface area contributed by atoms with E-state index in [0.29, 0.717) is 4.47 Å². The molecule has 1 saturated heterocycles. The van der Waals surface area contributed by atoms with E-state index in [0.717, 1.165) is 17.7 Å². The van der Waals surface area contributed by atoms with Crippen molar-refractivity contribution in [3.8, 4) is 0 Å². The first-order valence-corrected chi connectivity index (χ1v) is 8.75. The number of fused-ring (bicyclic) bond motifs is 3. The number of imide groups is 1. The number of amides is 2. The molecule has 4 unspecified atom stereocenters. The predicted molar refractivity (Wildman–Crippen MR) is 88.1 cm³/mol. The lowest BCUT2D eigenvalue weighted by atomic mass is 9.85. The fourth-order valence-electron chi connectivity index (χ4n) is 5.15. The highest BCUT2D eigenvalue weighted by molar-refractivity contribution is 9.10. The fraction of sp³-hybridized carbons (Fsp3) is 0.412. The van der Waals surface area contributed by atoms with E-state index in [-0.39, 0.29) is 52.3 Å².